The van der Waals surface area contributed by atoms with Gasteiger partial charge in [-0.05, 0) is 42.7 Å². The molecule has 0 amide bonds. The highest BCUT2D eigenvalue weighted by Crippen LogP contribution is 2.19. The van der Waals surface area contributed by atoms with Crippen molar-refractivity contribution in [1.82, 2.24) is 9.78 Å². The molecule has 2 rings (SSSR count). The van der Waals surface area contributed by atoms with Crippen LogP contribution in [0.1, 0.15) is 35.5 Å². The van der Waals surface area contributed by atoms with Crippen molar-refractivity contribution in [3.05, 3.63) is 52.6 Å². The van der Waals surface area contributed by atoms with E-state index >= 15 is 0 Å². The van der Waals surface area contributed by atoms with Crippen molar-refractivity contribution in [3.63, 3.8) is 0 Å². The summed E-state index contributed by atoms with van der Waals surface area (Å²) in [7, 11) is 1.91. The van der Waals surface area contributed by atoms with Gasteiger partial charge in [0.05, 0.1) is 5.69 Å². The van der Waals surface area contributed by atoms with Gasteiger partial charge in [-0.1, -0.05) is 13.0 Å². The SMILES string of the molecule is CCc1cc(CC(N)c2cc(C)cc(F)c2)n(C)n1. The first kappa shape index (κ1) is 13.7. The fourth-order valence-corrected chi connectivity index (χ4v) is 2.26. The van der Waals surface area contributed by atoms with Crippen LogP contribution in [-0.2, 0) is 19.9 Å². The molecule has 0 fully saturated rings. The van der Waals surface area contributed by atoms with E-state index in [4.69, 9.17) is 5.73 Å². The molecule has 1 aromatic heterocycles. The zero-order valence-electron chi connectivity index (χ0n) is 11.7. The molecule has 4 heteroatoms. The molecule has 1 unspecified atom stereocenters. The molecule has 1 atom stereocenters. The Morgan fingerprint density at radius 1 is 1.32 bits per heavy atom. The average Bonchev–Trinajstić information content (AvgIpc) is 2.69. The molecule has 0 aliphatic heterocycles. The van der Waals surface area contributed by atoms with E-state index in [0.29, 0.717) is 6.42 Å². The lowest BCUT2D eigenvalue weighted by atomic mass is 10.0. The fourth-order valence-electron chi connectivity index (χ4n) is 2.26. The van der Waals surface area contributed by atoms with Crippen molar-refractivity contribution >= 4 is 0 Å². The van der Waals surface area contributed by atoms with Crippen LogP contribution < -0.4 is 5.73 Å². The summed E-state index contributed by atoms with van der Waals surface area (Å²) in [6, 6.07) is 6.80. The minimum absolute atomic E-state index is 0.213. The van der Waals surface area contributed by atoms with Gasteiger partial charge >= 0.3 is 0 Å². The molecular weight excluding hydrogens is 241 g/mol. The minimum Gasteiger partial charge on any atom is -0.324 e. The van der Waals surface area contributed by atoms with Crippen molar-refractivity contribution in [2.24, 2.45) is 12.8 Å². The van der Waals surface area contributed by atoms with Gasteiger partial charge in [-0.3, -0.25) is 4.68 Å². The van der Waals surface area contributed by atoms with Crippen LogP contribution in [0.5, 0.6) is 0 Å². The zero-order chi connectivity index (χ0) is 14.0. The van der Waals surface area contributed by atoms with E-state index < -0.39 is 0 Å². The third-order valence-corrected chi connectivity index (χ3v) is 3.31. The van der Waals surface area contributed by atoms with Gasteiger partial charge in [0.2, 0.25) is 0 Å². The van der Waals surface area contributed by atoms with Crippen LogP contribution in [0.25, 0.3) is 0 Å². The van der Waals surface area contributed by atoms with Crippen LogP contribution in [-0.4, -0.2) is 9.78 Å². The molecule has 19 heavy (non-hydrogen) atoms. The number of rotatable bonds is 4. The summed E-state index contributed by atoms with van der Waals surface area (Å²) in [6.45, 7) is 3.94. The predicted octanol–water partition coefficient (Wildman–Crippen LogP) is 2.67. The van der Waals surface area contributed by atoms with Crippen molar-refractivity contribution in [2.45, 2.75) is 32.7 Å². The maximum atomic E-state index is 13.4. The number of nitrogens with zero attached hydrogens (tertiary/aromatic N) is 2. The third-order valence-electron chi connectivity index (χ3n) is 3.31. The van der Waals surface area contributed by atoms with Gasteiger partial charge in [-0.2, -0.15) is 5.10 Å². The molecule has 0 aliphatic rings. The fraction of sp³-hybridized carbons (Fsp3) is 0.400. The Kier molecular flexibility index (Phi) is 4.00. The first-order chi connectivity index (χ1) is 8.99. The molecule has 3 nitrogen and oxygen atoms in total. The van der Waals surface area contributed by atoms with E-state index in [-0.39, 0.29) is 11.9 Å². The molecule has 1 heterocycles. The lowest BCUT2D eigenvalue weighted by Crippen LogP contribution is -2.15. The molecule has 0 bridgehead atoms. The largest absolute Gasteiger partial charge is 0.324 e. The maximum absolute atomic E-state index is 13.4. The first-order valence-corrected chi connectivity index (χ1v) is 6.54. The van der Waals surface area contributed by atoms with Crippen LogP contribution in [0.2, 0.25) is 0 Å². The molecule has 0 spiro atoms. The molecule has 0 aliphatic carbocycles. The first-order valence-electron chi connectivity index (χ1n) is 6.54. The lowest BCUT2D eigenvalue weighted by Gasteiger charge is -2.13. The number of halogens is 1. The minimum atomic E-state index is -0.232. The second-order valence-corrected chi connectivity index (χ2v) is 4.98. The Labute approximate surface area is 113 Å². The molecule has 0 saturated carbocycles. The predicted molar refractivity (Wildman–Crippen MR) is 74.4 cm³/mol. The van der Waals surface area contributed by atoms with Gasteiger partial charge in [0.15, 0.2) is 0 Å². The van der Waals surface area contributed by atoms with Crippen molar-refractivity contribution in [3.8, 4) is 0 Å². The standard InChI is InChI=1S/C15H20FN3/c1-4-13-8-14(19(3)18-13)9-15(17)11-5-10(2)6-12(16)7-11/h5-8,15H,4,9,17H2,1-3H3. The van der Waals surface area contributed by atoms with Gasteiger partial charge in [-0.25, -0.2) is 4.39 Å². The highest BCUT2D eigenvalue weighted by molar-refractivity contribution is 5.27. The van der Waals surface area contributed by atoms with Crippen molar-refractivity contribution in [2.75, 3.05) is 0 Å². The topological polar surface area (TPSA) is 43.8 Å². The summed E-state index contributed by atoms with van der Waals surface area (Å²) in [5, 5.41) is 4.40. The summed E-state index contributed by atoms with van der Waals surface area (Å²) < 4.78 is 15.2. The normalized spacial score (nSPS) is 12.7. The Hall–Kier alpha value is -1.68. The molecule has 0 radical (unpaired) electrons. The smallest absolute Gasteiger partial charge is 0.123 e. The number of hydrogen-bond donors (Lipinski definition) is 1. The summed E-state index contributed by atoms with van der Waals surface area (Å²) >= 11 is 0. The Bertz CT molecular complexity index is 555. The zero-order valence-corrected chi connectivity index (χ0v) is 11.7. The van der Waals surface area contributed by atoms with E-state index in [1.165, 1.54) is 12.1 Å². The summed E-state index contributed by atoms with van der Waals surface area (Å²) in [6.07, 6.45) is 1.56. The van der Waals surface area contributed by atoms with Gasteiger partial charge in [0, 0.05) is 25.2 Å². The van der Waals surface area contributed by atoms with Crippen LogP contribution in [0.15, 0.2) is 24.3 Å². The highest BCUT2D eigenvalue weighted by Gasteiger charge is 2.12. The van der Waals surface area contributed by atoms with E-state index in [9.17, 15) is 4.39 Å². The van der Waals surface area contributed by atoms with Gasteiger partial charge < -0.3 is 5.73 Å². The number of aryl methyl sites for hydroxylation is 3. The summed E-state index contributed by atoms with van der Waals surface area (Å²) in [5.74, 6) is -0.232. The number of benzene rings is 1. The number of aromatic nitrogens is 2. The Morgan fingerprint density at radius 3 is 2.63 bits per heavy atom. The van der Waals surface area contributed by atoms with E-state index in [1.807, 2.05) is 24.7 Å². The third kappa shape index (κ3) is 3.20. The molecular formula is C15H20FN3. The monoisotopic (exact) mass is 261 g/mol. The number of hydrogen-bond acceptors (Lipinski definition) is 2. The quantitative estimate of drug-likeness (QED) is 0.919. The lowest BCUT2D eigenvalue weighted by molar-refractivity contribution is 0.608. The van der Waals surface area contributed by atoms with Gasteiger partial charge in [0.25, 0.3) is 0 Å². The average molecular weight is 261 g/mol. The number of nitrogens with two attached hydrogens (primary N) is 1. The van der Waals surface area contributed by atoms with E-state index in [0.717, 1.165) is 28.9 Å². The maximum Gasteiger partial charge on any atom is 0.123 e. The van der Waals surface area contributed by atoms with Crippen LogP contribution >= 0.6 is 0 Å². The Balaban J connectivity index is 2.20. The van der Waals surface area contributed by atoms with Gasteiger partial charge in [0.1, 0.15) is 5.82 Å². The van der Waals surface area contributed by atoms with Crippen molar-refractivity contribution in [1.29, 1.82) is 0 Å². The van der Waals surface area contributed by atoms with Crippen LogP contribution in [0, 0.1) is 12.7 Å². The summed E-state index contributed by atoms with van der Waals surface area (Å²) in [4.78, 5) is 0. The molecule has 2 aromatic rings. The molecule has 1 aromatic carbocycles. The van der Waals surface area contributed by atoms with Crippen LogP contribution in [0.3, 0.4) is 0 Å². The second-order valence-electron chi connectivity index (χ2n) is 4.98. The van der Waals surface area contributed by atoms with Crippen molar-refractivity contribution < 1.29 is 4.39 Å². The second kappa shape index (κ2) is 5.53. The molecule has 2 N–H and O–H groups in total. The van der Waals surface area contributed by atoms with E-state index in [2.05, 4.69) is 18.1 Å². The molecule has 102 valence electrons. The summed E-state index contributed by atoms with van der Waals surface area (Å²) in [5.41, 5.74) is 10.0. The van der Waals surface area contributed by atoms with Crippen LogP contribution in [0.4, 0.5) is 4.39 Å². The Morgan fingerprint density at radius 2 is 2.05 bits per heavy atom. The molecule has 0 saturated heterocycles. The van der Waals surface area contributed by atoms with Gasteiger partial charge in [-0.15, -0.1) is 0 Å². The van der Waals surface area contributed by atoms with E-state index in [1.54, 1.807) is 0 Å². The highest BCUT2D eigenvalue weighted by atomic mass is 19.1.